The van der Waals surface area contributed by atoms with E-state index in [9.17, 15) is 4.79 Å². The highest BCUT2D eigenvalue weighted by Gasteiger charge is 2.17. The van der Waals surface area contributed by atoms with Crippen LogP contribution in [0.2, 0.25) is 0 Å². The molecule has 7 nitrogen and oxygen atoms in total. The molecule has 0 radical (unpaired) electrons. The molecule has 0 saturated carbocycles. The number of fused-ring (bicyclic) bond motifs is 2. The lowest BCUT2D eigenvalue weighted by Crippen LogP contribution is -2.34. The fourth-order valence-electron chi connectivity index (χ4n) is 3.63. The zero-order chi connectivity index (χ0) is 22.2. The summed E-state index contributed by atoms with van der Waals surface area (Å²) in [7, 11) is 0. The standard InChI is InChI=1S/C25H28N4O3/c1-19-11-13-26-16-21(19)28-24(30)18-29-14-5-2-6-15-31-22-9-3-4-10-23(22)32-25-20(17-29)8-7-12-27-25/h3-4,7-13,16H,2,5-6,14-15,17-18H2,1H3,(H,28,30). The van der Waals surface area contributed by atoms with Gasteiger partial charge in [0.15, 0.2) is 11.5 Å². The van der Waals surface area contributed by atoms with E-state index in [4.69, 9.17) is 9.47 Å². The fourth-order valence-corrected chi connectivity index (χ4v) is 3.63. The van der Waals surface area contributed by atoms with Crippen molar-refractivity contribution in [3.05, 3.63) is 72.2 Å². The minimum atomic E-state index is -0.0644. The number of ether oxygens (including phenoxy) is 2. The highest BCUT2D eigenvalue weighted by Crippen LogP contribution is 2.32. The van der Waals surface area contributed by atoms with Crippen LogP contribution < -0.4 is 14.8 Å². The third-order valence-corrected chi connectivity index (χ3v) is 5.36. The van der Waals surface area contributed by atoms with Gasteiger partial charge >= 0.3 is 0 Å². The van der Waals surface area contributed by atoms with E-state index in [2.05, 4.69) is 20.2 Å². The summed E-state index contributed by atoms with van der Waals surface area (Å²) in [6, 6.07) is 13.4. The van der Waals surface area contributed by atoms with Gasteiger partial charge in [0.1, 0.15) is 0 Å². The third-order valence-electron chi connectivity index (χ3n) is 5.36. The Morgan fingerprint density at radius 2 is 1.94 bits per heavy atom. The van der Waals surface area contributed by atoms with Gasteiger partial charge in [0.2, 0.25) is 11.8 Å². The Bertz CT molecular complexity index is 1060. The van der Waals surface area contributed by atoms with Crippen LogP contribution in [0.1, 0.15) is 30.4 Å². The molecule has 1 amide bonds. The average Bonchev–Trinajstić information content (AvgIpc) is 2.80. The number of aryl methyl sites for hydroxylation is 1. The maximum atomic E-state index is 12.8. The summed E-state index contributed by atoms with van der Waals surface area (Å²) in [6.45, 7) is 4.20. The molecule has 2 aromatic heterocycles. The number of hydrogen-bond acceptors (Lipinski definition) is 6. The second kappa shape index (κ2) is 10.7. The summed E-state index contributed by atoms with van der Waals surface area (Å²) in [5.41, 5.74) is 2.65. The molecule has 0 bridgehead atoms. The normalized spacial score (nSPS) is 14.9. The van der Waals surface area contributed by atoms with Crippen molar-refractivity contribution in [3.63, 3.8) is 0 Å². The Balaban J connectivity index is 1.53. The van der Waals surface area contributed by atoms with Crippen LogP contribution >= 0.6 is 0 Å². The van der Waals surface area contributed by atoms with Gasteiger partial charge in [-0.1, -0.05) is 18.2 Å². The van der Waals surface area contributed by atoms with E-state index >= 15 is 0 Å². The molecule has 1 aliphatic rings. The molecule has 0 fully saturated rings. The van der Waals surface area contributed by atoms with Crippen molar-refractivity contribution in [2.75, 3.05) is 25.0 Å². The monoisotopic (exact) mass is 432 g/mol. The molecule has 7 heteroatoms. The molecule has 166 valence electrons. The lowest BCUT2D eigenvalue weighted by atomic mass is 10.2. The topological polar surface area (TPSA) is 76.6 Å². The molecule has 0 spiro atoms. The molecular weight excluding hydrogens is 404 g/mol. The molecule has 3 aromatic rings. The number of benzene rings is 1. The van der Waals surface area contributed by atoms with Gasteiger partial charge < -0.3 is 14.8 Å². The van der Waals surface area contributed by atoms with Gasteiger partial charge in [0, 0.05) is 24.5 Å². The minimum absolute atomic E-state index is 0.0644. The Hall–Kier alpha value is -3.45. The number of anilines is 1. The largest absolute Gasteiger partial charge is 0.490 e. The van der Waals surface area contributed by atoms with Crippen LogP contribution in [-0.4, -0.2) is 40.5 Å². The molecular formula is C25H28N4O3. The zero-order valence-electron chi connectivity index (χ0n) is 18.3. The first-order valence-corrected chi connectivity index (χ1v) is 11.0. The van der Waals surface area contributed by atoms with Gasteiger partial charge in [0.25, 0.3) is 0 Å². The van der Waals surface area contributed by atoms with E-state index < -0.39 is 0 Å². The van der Waals surface area contributed by atoms with Crippen LogP contribution in [0.15, 0.2) is 61.1 Å². The van der Waals surface area contributed by atoms with Crippen molar-refractivity contribution in [1.29, 1.82) is 0 Å². The van der Waals surface area contributed by atoms with Crippen LogP contribution in [0.3, 0.4) is 0 Å². The van der Waals surface area contributed by atoms with Crippen LogP contribution in [0, 0.1) is 6.92 Å². The lowest BCUT2D eigenvalue weighted by molar-refractivity contribution is -0.117. The predicted molar refractivity (Wildman–Crippen MR) is 123 cm³/mol. The van der Waals surface area contributed by atoms with E-state index in [0.717, 1.165) is 42.6 Å². The lowest BCUT2D eigenvalue weighted by Gasteiger charge is -2.23. The zero-order valence-corrected chi connectivity index (χ0v) is 18.3. The van der Waals surface area contributed by atoms with Crippen molar-refractivity contribution in [2.45, 2.75) is 32.7 Å². The second-order valence-corrected chi connectivity index (χ2v) is 7.88. The highest BCUT2D eigenvalue weighted by molar-refractivity contribution is 5.92. The van der Waals surface area contributed by atoms with Crippen LogP contribution in [0.5, 0.6) is 17.4 Å². The quantitative estimate of drug-likeness (QED) is 0.653. The Morgan fingerprint density at radius 3 is 2.81 bits per heavy atom. The van der Waals surface area contributed by atoms with Gasteiger partial charge in [-0.15, -0.1) is 0 Å². The number of amides is 1. The molecule has 1 N–H and O–H groups in total. The molecule has 0 saturated heterocycles. The summed E-state index contributed by atoms with van der Waals surface area (Å²) in [5.74, 6) is 1.82. The summed E-state index contributed by atoms with van der Waals surface area (Å²) in [5, 5.41) is 2.98. The van der Waals surface area contributed by atoms with Crippen LogP contribution in [0.4, 0.5) is 5.69 Å². The van der Waals surface area contributed by atoms with E-state index in [-0.39, 0.29) is 12.5 Å². The first kappa shape index (κ1) is 21.8. The number of carbonyl (C=O) groups excluding carboxylic acids is 1. The van der Waals surface area contributed by atoms with Crippen molar-refractivity contribution in [1.82, 2.24) is 14.9 Å². The van der Waals surface area contributed by atoms with Gasteiger partial charge in [-0.3, -0.25) is 14.7 Å². The van der Waals surface area contributed by atoms with Gasteiger partial charge in [-0.2, -0.15) is 0 Å². The predicted octanol–water partition coefficient (Wildman–Crippen LogP) is 4.58. The van der Waals surface area contributed by atoms with Crippen molar-refractivity contribution >= 4 is 11.6 Å². The van der Waals surface area contributed by atoms with Crippen molar-refractivity contribution < 1.29 is 14.3 Å². The number of hydrogen-bond donors (Lipinski definition) is 1. The molecule has 1 aromatic carbocycles. The smallest absolute Gasteiger partial charge is 0.238 e. The van der Waals surface area contributed by atoms with Gasteiger partial charge in [-0.05, 0) is 62.6 Å². The minimum Gasteiger partial charge on any atom is -0.490 e. The fraction of sp³-hybridized carbons (Fsp3) is 0.320. The van der Waals surface area contributed by atoms with Gasteiger partial charge in [0.05, 0.1) is 25.0 Å². The number of nitrogens with zero attached hydrogens (tertiary/aromatic N) is 3. The van der Waals surface area contributed by atoms with E-state index in [1.807, 2.05) is 49.4 Å². The highest BCUT2D eigenvalue weighted by atomic mass is 16.5. The van der Waals surface area contributed by atoms with Crippen molar-refractivity contribution in [2.24, 2.45) is 0 Å². The van der Waals surface area contributed by atoms with E-state index in [1.165, 1.54) is 0 Å². The average molecular weight is 433 g/mol. The summed E-state index contributed by atoms with van der Waals surface area (Å²) >= 11 is 0. The number of nitrogens with one attached hydrogen (secondary N) is 1. The summed E-state index contributed by atoms with van der Waals surface area (Å²) in [6.07, 6.45) is 8.04. The Labute approximate surface area is 188 Å². The second-order valence-electron chi connectivity index (χ2n) is 7.88. The molecule has 4 rings (SSSR count). The molecule has 0 aliphatic carbocycles. The molecule has 0 unspecified atom stereocenters. The van der Waals surface area contributed by atoms with E-state index in [1.54, 1.807) is 18.6 Å². The van der Waals surface area contributed by atoms with Crippen molar-refractivity contribution in [3.8, 4) is 17.4 Å². The molecule has 32 heavy (non-hydrogen) atoms. The first-order valence-electron chi connectivity index (χ1n) is 11.0. The number of carbonyl (C=O) groups is 1. The summed E-state index contributed by atoms with van der Waals surface area (Å²) < 4.78 is 12.1. The maximum absolute atomic E-state index is 12.8. The molecule has 1 aliphatic heterocycles. The number of para-hydroxylation sites is 2. The summed E-state index contributed by atoms with van der Waals surface area (Å²) in [4.78, 5) is 23.5. The first-order chi connectivity index (χ1) is 15.7. The number of pyridine rings is 2. The molecule has 0 atom stereocenters. The number of aromatic nitrogens is 2. The van der Waals surface area contributed by atoms with E-state index in [0.29, 0.717) is 30.5 Å². The Morgan fingerprint density at radius 1 is 1.06 bits per heavy atom. The third kappa shape index (κ3) is 5.82. The SMILES string of the molecule is Cc1ccncc1NC(=O)CN1CCCCCOc2ccccc2Oc2ncccc2C1. The maximum Gasteiger partial charge on any atom is 0.238 e. The van der Waals surface area contributed by atoms with Gasteiger partial charge in [-0.25, -0.2) is 4.98 Å². The molecule has 3 heterocycles. The van der Waals surface area contributed by atoms with Crippen LogP contribution in [-0.2, 0) is 11.3 Å². The van der Waals surface area contributed by atoms with Crippen LogP contribution in [0.25, 0.3) is 0 Å². The Kier molecular flexibility index (Phi) is 7.30. The number of rotatable bonds is 3.